The minimum atomic E-state index is -4.48. The molecule has 0 aliphatic carbocycles. The van der Waals surface area contributed by atoms with E-state index in [0.29, 0.717) is 0 Å². The second-order valence-corrected chi connectivity index (χ2v) is 4.27. The summed E-state index contributed by atoms with van der Waals surface area (Å²) in [6.07, 6.45) is -4.48. The topological polar surface area (TPSA) is 35.8 Å². The first-order valence-electron chi connectivity index (χ1n) is 5.61. The predicted octanol–water partition coefficient (Wildman–Crippen LogP) is 3.35. The molecule has 1 aromatic carbocycles. The molecule has 0 bridgehead atoms. The maximum absolute atomic E-state index is 12.4. The summed E-state index contributed by atoms with van der Waals surface area (Å²) in [5.41, 5.74) is 1.96. The Morgan fingerprint density at radius 3 is 2.56 bits per heavy atom. The lowest BCUT2D eigenvalue weighted by Gasteiger charge is -2.18. The second-order valence-electron chi connectivity index (χ2n) is 4.27. The molecule has 98 valence electrons. The van der Waals surface area contributed by atoms with E-state index in [2.05, 4.69) is 5.32 Å². The van der Waals surface area contributed by atoms with E-state index in [4.69, 9.17) is 5.26 Å². The minimum absolute atomic E-state index is 0.219. The highest BCUT2D eigenvalue weighted by molar-refractivity contribution is 5.24. The van der Waals surface area contributed by atoms with Gasteiger partial charge in [-0.2, -0.15) is 18.4 Å². The van der Waals surface area contributed by atoms with Crippen molar-refractivity contribution < 1.29 is 13.2 Å². The van der Waals surface area contributed by atoms with Crippen molar-refractivity contribution in [3.8, 4) is 6.07 Å². The quantitative estimate of drug-likeness (QED) is 0.896. The molecule has 1 N–H and O–H groups in total. The third-order valence-corrected chi connectivity index (χ3v) is 2.72. The molecule has 5 heteroatoms. The third kappa shape index (κ3) is 4.04. The van der Waals surface area contributed by atoms with E-state index in [1.54, 1.807) is 6.92 Å². The van der Waals surface area contributed by atoms with Crippen LogP contribution in [0.5, 0.6) is 0 Å². The summed E-state index contributed by atoms with van der Waals surface area (Å²) < 4.78 is 37.1. The fourth-order valence-corrected chi connectivity index (χ4v) is 1.59. The van der Waals surface area contributed by atoms with E-state index in [0.717, 1.165) is 11.1 Å². The Morgan fingerprint density at radius 1 is 1.39 bits per heavy atom. The Kier molecular flexibility index (Phi) is 4.74. The molecule has 1 unspecified atom stereocenters. The summed E-state index contributed by atoms with van der Waals surface area (Å²) >= 11 is 0. The lowest BCUT2D eigenvalue weighted by atomic mass is 10.0. The number of halogens is 3. The van der Waals surface area contributed by atoms with Crippen LogP contribution in [0.15, 0.2) is 24.3 Å². The molecular weight excluding hydrogens is 241 g/mol. The van der Waals surface area contributed by atoms with Gasteiger partial charge in [0.2, 0.25) is 0 Å². The Hall–Kier alpha value is -1.54. The molecule has 0 amide bonds. The smallest absolute Gasteiger partial charge is 0.309 e. The van der Waals surface area contributed by atoms with Gasteiger partial charge in [-0.1, -0.05) is 29.8 Å². The van der Waals surface area contributed by atoms with Gasteiger partial charge in [-0.15, -0.1) is 0 Å². The van der Waals surface area contributed by atoms with Crippen LogP contribution in [0.3, 0.4) is 0 Å². The first kappa shape index (κ1) is 14.5. The van der Waals surface area contributed by atoms with E-state index in [1.165, 1.54) is 6.07 Å². The number of rotatable bonds is 4. The third-order valence-electron chi connectivity index (χ3n) is 2.72. The van der Waals surface area contributed by atoms with E-state index in [-0.39, 0.29) is 6.04 Å². The molecule has 0 radical (unpaired) electrons. The number of hydrogen-bond donors (Lipinski definition) is 1. The number of nitrogens with one attached hydrogen (secondary N) is 1. The lowest BCUT2D eigenvalue weighted by Crippen LogP contribution is -2.33. The first-order chi connectivity index (χ1) is 8.34. The highest BCUT2D eigenvalue weighted by atomic mass is 19.4. The zero-order valence-corrected chi connectivity index (χ0v) is 10.3. The van der Waals surface area contributed by atoms with Crippen molar-refractivity contribution in [2.45, 2.75) is 26.1 Å². The van der Waals surface area contributed by atoms with E-state index < -0.39 is 18.6 Å². The van der Waals surface area contributed by atoms with Crippen molar-refractivity contribution in [3.05, 3.63) is 35.4 Å². The molecule has 2 atom stereocenters. The van der Waals surface area contributed by atoms with Gasteiger partial charge in [0, 0.05) is 12.6 Å². The van der Waals surface area contributed by atoms with Gasteiger partial charge in [0.05, 0.1) is 6.07 Å². The average Bonchev–Trinajstić information content (AvgIpc) is 2.27. The average molecular weight is 256 g/mol. The van der Waals surface area contributed by atoms with Gasteiger partial charge in [0.15, 0.2) is 5.92 Å². The molecule has 1 rings (SSSR count). The summed E-state index contributed by atoms with van der Waals surface area (Å²) in [4.78, 5) is 0. The standard InChI is InChI=1S/C13H15F3N2/c1-9-4-3-5-11(6-9)10(2)18-8-12(7-17)13(14,15)16/h3-6,10,12,18H,8H2,1-2H3/t10-,12?/m0/s1. The maximum atomic E-state index is 12.4. The molecule has 0 saturated heterocycles. The molecule has 0 fully saturated rings. The van der Waals surface area contributed by atoms with Crippen LogP contribution < -0.4 is 5.32 Å². The largest absolute Gasteiger partial charge is 0.405 e. The minimum Gasteiger partial charge on any atom is -0.309 e. The van der Waals surface area contributed by atoms with Crippen LogP contribution in [0.4, 0.5) is 13.2 Å². The monoisotopic (exact) mass is 256 g/mol. The SMILES string of the molecule is Cc1cccc([C@H](C)NCC(C#N)C(F)(F)F)c1. The fraction of sp³-hybridized carbons (Fsp3) is 0.462. The van der Waals surface area contributed by atoms with Gasteiger partial charge < -0.3 is 5.32 Å². The molecule has 0 saturated carbocycles. The molecule has 18 heavy (non-hydrogen) atoms. The van der Waals surface area contributed by atoms with Crippen molar-refractivity contribution in [2.75, 3.05) is 6.54 Å². The van der Waals surface area contributed by atoms with Crippen LogP contribution in [-0.2, 0) is 0 Å². The summed E-state index contributed by atoms with van der Waals surface area (Å²) in [7, 11) is 0. The van der Waals surface area contributed by atoms with E-state index in [1.807, 2.05) is 31.2 Å². The zero-order valence-electron chi connectivity index (χ0n) is 10.3. The Bertz CT molecular complexity index is 435. The summed E-state index contributed by atoms with van der Waals surface area (Å²) in [5.74, 6) is -1.97. The summed E-state index contributed by atoms with van der Waals surface area (Å²) in [5, 5.41) is 11.2. The number of benzene rings is 1. The van der Waals surface area contributed by atoms with Crippen LogP contribution >= 0.6 is 0 Å². The van der Waals surface area contributed by atoms with Crippen LogP contribution in [0, 0.1) is 24.2 Å². The summed E-state index contributed by atoms with van der Waals surface area (Å²) in [6.45, 7) is 3.30. The Balaban J connectivity index is 2.61. The van der Waals surface area contributed by atoms with Gasteiger partial charge in [-0.3, -0.25) is 0 Å². The van der Waals surface area contributed by atoms with E-state index in [9.17, 15) is 13.2 Å². The molecule has 0 aromatic heterocycles. The lowest BCUT2D eigenvalue weighted by molar-refractivity contribution is -0.157. The van der Waals surface area contributed by atoms with Crippen molar-refractivity contribution in [2.24, 2.45) is 5.92 Å². The van der Waals surface area contributed by atoms with Crippen molar-refractivity contribution in [1.29, 1.82) is 5.26 Å². The predicted molar refractivity (Wildman–Crippen MR) is 62.8 cm³/mol. The first-order valence-corrected chi connectivity index (χ1v) is 5.61. The van der Waals surface area contributed by atoms with Crippen LogP contribution in [0.25, 0.3) is 0 Å². The number of nitriles is 1. The number of hydrogen-bond acceptors (Lipinski definition) is 2. The molecule has 2 nitrogen and oxygen atoms in total. The number of alkyl halides is 3. The second kappa shape index (κ2) is 5.87. The highest BCUT2D eigenvalue weighted by Crippen LogP contribution is 2.25. The molecule has 0 aliphatic heterocycles. The van der Waals surface area contributed by atoms with Gasteiger partial charge in [-0.25, -0.2) is 0 Å². The number of nitrogens with zero attached hydrogens (tertiary/aromatic N) is 1. The van der Waals surface area contributed by atoms with Crippen LogP contribution in [-0.4, -0.2) is 12.7 Å². The van der Waals surface area contributed by atoms with Gasteiger partial charge in [0.25, 0.3) is 0 Å². The van der Waals surface area contributed by atoms with Crippen molar-refractivity contribution in [1.82, 2.24) is 5.32 Å². The van der Waals surface area contributed by atoms with Crippen molar-refractivity contribution in [3.63, 3.8) is 0 Å². The van der Waals surface area contributed by atoms with E-state index >= 15 is 0 Å². The Labute approximate surface area is 104 Å². The highest BCUT2D eigenvalue weighted by Gasteiger charge is 2.39. The molecule has 1 aromatic rings. The fourth-order valence-electron chi connectivity index (χ4n) is 1.59. The van der Waals surface area contributed by atoms with Gasteiger partial charge in [0.1, 0.15) is 0 Å². The van der Waals surface area contributed by atoms with Crippen molar-refractivity contribution >= 4 is 0 Å². The number of aryl methyl sites for hydroxylation is 1. The van der Waals surface area contributed by atoms with Gasteiger partial charge in [-0.05, 0) is 19.4 Å². The normalized spacial score (nSPS) is 14.9. The summed E-state index contributed by atoms with van der Waals surface area (Å²) in [6, 6.07) is 8.59. The molecular formula is C13H15F3N2. The molecule has 0 aliphatic rings. The zero-order chi connectivity index (χ0) is 13.8. The van der Waals surface area contributed by atoms with Crippen LogP contribution in [0.2, 0.25) is 0 Å². The molecule has 0 heterocycles. The van der Waals surface area contributed by atoms with Gasteiger partial charge >= 0.3 is 6.18 Å². The Morgan fingerprint density at radius 2 is 2.06 bits per heavy atom. The maximum Gasteiger partial charge on any atom is 0.405 e. The van der Waals surface area contributed by atoms with Crippen LogP contribution in [0.1, 0.15) is 24.1 Å². The molecule has 0 spiro atoms.